The SMILES string of the molecule is CC1CCN(Cc2ccc(N3C[C@@H](C(=O)O)CC3=O)cc2)CC1.Cl. The van der Waals surface area contributed by atoms with E-state index < -0.39 is 11.9 Å². The number of aliphatic carboxylic acids is 1. The van der Waals surface area contributed by atoms with Crippen molar-refractivity contribution in [3.8, 4) is 0 Å². The summed E-state index contributed by atoms with van der Waals surface area (Å²) in [5.74, 6) is -0.749. The number of carboxylic acid groups (broad SMARTS) is 1. The van der Waals surface area contributed by atoms with E-state index in [0.717, 1.165) is 31.2 Å². The van der Waals surface area contributed by atoms with E-state index in [4.69, 9.17) is 5.11 Å². The summed E-state index contributed by atoms with van der Waals surface area (Å²) in [5, 5.41) is 9.06. The van der Waals surface area contributed by atoms with Gasteiger partial charge in [0, 0.05) is 25.2 Å². The number of rotatable bonds is 4. The number of benzene rings is 1. The molecule has 3 rings (SSSR count). The highest BCUT2D eigenvalue weighted by atomic mass is 35.5. The molecule has 0 aliphatic carbocycles. The highest BCUT2D eigenvalue weighted by molar-refractivity contribution is 5.99. The van der Waals surface area contributed by atoms with Gasteiger partial charge in [-0.05, 0) is 49.5 Å². The van der Waals surface area contributed by atoms with Gasteiger partial charge in [0.05, 0.1) is 5.92 Å². The molecule has 2 heterocycles. The van der Waals surface area contributed by atoms with Crippen molar-refractivity contribution in [2.45, 2.75) is 32.7 Å². The van der Waals surface area contributed by atoms with Gasteiger partial charge in [-0.15, -0.1) is 12.4 Å². The second-order valence-corrected chi connectivity index (χ2v) is 6.87. The van der Waals surface area contributed by atoms with Crippen LogP contribution in [-0.2, 0) is 16.1 Å². The fourth-order valence-corrected chi connectivity index (χ4v) is 3.38. The average Bonchev–Trinajstić information content (AvgIpc) is 2.93. The van der Waals surface area contributed by atoms with Crippen molar-refractivity contribution in [2.75, 3.05) is 24.5 Å². The topological polar surface area (TPSA) is 60.9 Å². The number of nitrogens with zero attached hydrogens (tertiary/aromatic N) is 2. The van der Waals surface area contributed by atoms with Gasteiger partial charge in [0.15, 0.2) is 0 Å². The van der Waals surface area contributed by atoms with Gasteiger partial charge in [0.25, 0.3) is 0 Å². The van der Waals surface area contributed by atoms with Gasteiger partial charge in [-0.25, -0.2) is 0 Å². The maximum atomic E-state index is 12.0. The van der Waals surface area contributed by atoms with Crippen LogP contribution < -0.4 is 4.90 Å². The third kappa shape index (κ3) is 4.28. The van der Waals surface area contributed by atoms with Crippen molar-refractivity contribution in [1.29, 1.82) is 0 Å². The molecule has 132 valence electrons. The lowest BCUT2D eigenvalue weighted by atomic mass is 9.99. The molecule has 0 bridgehead atoms. The van der Waals surface area contributed by atoms with E-state index in [1.165, 1.54) is 18.4 Å². The molecule has 1 amide bonds. The molecular formula is C18H25ClN2O3. The van der Waals surface area contributed by atoms with E-state index in [2.05, 4.69) is 24.0 Å². The Morgan fingerprint density at radius 2 is 1.83 bits per heavy atom. The van der Waals surface area contributed by atoms with Crippen LogP contribution in [0.25, 0.3) is 0 Å². The molecule has 0 aromatic heterocycles. The van der Waals surface area contributed by atoms with Gasteiger partial charge in [-0.2, -0.15) is 0 Å². The van der Waals surface area contributed by atoms with E-state index in [0.29, 0.717) is 0 Å². The van der Waals surface area contributed by atoms with Crippen LogP contribution >= 0.6 is 12.4 Å². The summed E-state index contributed by atoms with van der Waals surface area (Å²) in [5.41, 5.74) is 2.04. The number of piperidine rings is 1. The summed E-state index contributed by atoms with van der Waals surface area (Å²) < 4.78 is 0. The lowest BCUT2D eigenvalue weighted by Crippen LogP contribution is -2.32. The zero-order valence-electron chi connectivity index (χ0n) is 14.0. The molecule has 1 aromatic carbocycles. The average molecular weight is 353 g/mol. The van der Waals surface area contributed by atoms with E-state index in [9.17, 15) is 9.59 Å². The lowest BCUT2D eigenvalue weighted by molar-refractivity contribution is -0.141. The van der Waals surface area contributed by atoms with Crippen LogP contribution in [0, 0.1) is 11.8 Å². The maximum absolute atomic E-state index is 12.0. The molecule has 2 aliphatic heterocycles. The highest BCUT2D eigenvalue weighted by Gasteiger charge is 2.34. The van der Waals surface area contributed by atoms with Crippen molar-refractivity contribution < 1.29 is 14.7 Å². The minimum Gasteiger partial charge on any atom is -0.481 e. The quantitative estimate of drug-likeness (QED) is 0.905. The van der Waals surface area contributed by atoms with Gasteiger partial charge in [-0.3, -0.25) is 14.5 Å². The Bertz CT molecular complexity index is 582. The normalized spacial score (nSPS) is 22.5. The molecule has 2 fully saturated rings. The van der Waals surface area contributed by atoms with Crippen molar-refractivity contribution in [3.63, 3.8) is 0 Å². The number of carbonyl (C=O) groups excluding carboxylic acids is 1. The molecule has 24 heavy (non-hydrogen) atoms. The van der Waals surface area contributed by atoms with Crippen molar-refractivity contribution >= 4 is 30.0 Å². The minimum absolute atomic E-state index is 0. The van der Waals surface area contributed by atoms with E-state index in [1.54, 1.807) is 4.90 Å². The first kappa shape index (κ1) is 18.7. The maximum Gasteiger partial charge on any atom is 0.308 e. The Kier molecular flexibility index (Phi) is 6.24. The number of carbonyl (C=O) groups is 2. The van der Waals surface area contributed by atoms with E-state index >= 15 is 0 Å². The monoisotopic (exact) mass is 352 g/mol. The minimum atomic E-state index is -0.892. The first-order valence-corrected chi connectivity index (χ1v) is 8.37. The molecule has 0 unspecified atom stereocenters. The second kappa shape index (κ2) is 7.99. The van der Waals surface area contributed by atoms with Gasteiger partial charge in [-0.1, -0.05) is 19.1 Å². The zero-order chi connectivity index (χ0) is 16.4. The predicted octanol–water partition coefficient (Wildman–Crippen LogP) is 2.78. The number of likely N-dealkylation sites (tertiary alicyclic amines) is 1. The van der Waals surface area contributed by atoms with Gasteiger partial charge < -0.3 is 10.0 Å². The summed E-state index contributed by atoms with van der Waals surface area (Å²) in [6.07, 6.45) is 2.62. The number of amides is 1. The Balaban J connectivity index is 0.00000208. The molecule has 2 aliphatic rings. The summed E-state index contributed by atoms with van der Waals surface area (Å²) in [7, 11) is 0. The molecule has 6 heteroatoms. The Morgan fingerprint density at radius 3 is 2.38 bits per heavy atom. The van der Waals surface area contributed by atoms with Crippen LogP contribution in [0.3, 0.4) is 0 Å². The second-order valence-electron chi connectivity index (χ2n) is 6.87. The fraction of sp³-hybridized carbons (Fsp3) is 0.556. The smallest absolute Gasteiger partial charge is 0.308 e. The fourth-order valence-electron chi connectivity index (χ4n) is 3.38. The summed E-state index contributed by atoms with van der Waals surface area (Å²) in [6, 6.07) is 7.97. The third-order valence-corrected chi connectivity index (χ3v) is 5.00. The molecule has 0 radical (unpaired) electrons. The van der Waals surface area contributed by atoms with E-state index in [-0.39, 0.29) is 31.3 Å². The Hall–Kier alpha value is -1.59. The standard InChI is InChI=1S/C18H24N2O3.ClH/c1-13-6-8-19(9-7-13)11-14-2-4-16(5-3-14)20-12-15(18(22)23)10-17(20)21;/h2-5,13,15H,6-12H2,1H3,(H,22,23);1H/t15-;/m0./s1. The van der Waals surface area contributed by atoms with Crippen LogP contribution in [-0.4, -0.2) is 41.5 Å². The summed E-state index contributed by atoms with van der Waals surface area (Å²) in [4.78, 5) is 27.1. The first-order chi connectivity index (χ1) is 11.0. The summed E-state index contributed by atoms with van der Waals surface area (Å²) in [6.45, 7) is 5.82. The largest absolute Gasteiger partial charge is 0.481 e. The number of anilines is 1. The summed E-state index contributed by atoms with van der Waals surface area (Å²) >= 11 is 0. The number of hydrogen-bond donors (Lipinski definition) is 1. The first-order valence-electron chi connectivity index (χ1n) is 8.37. The number of hydrogen-bond acceptors (Lipinski definition) is 3. The van der Waals surface area contributed by atoms with Crippen molar-refractivity contribution in [1.82, 2.24) is 4.90 Å². The van der Waals surface area contributed by atoms with E-state index in [1.807, 2.05) is 12.1 Å². The van der Waals surface area contributed by atoms with Crippen LogP contribution in [0.2, 0.25) is 0 Å². The molecule has 1 aromatic rings. The highest BCUT2D eigenvalue weighted by Crippen LogP contribution is 2.26. The van der Waals surface area contributed by atoms with Crippen molar-refractivity contribution in [2.24, 2.45) is 11.8 Å². The molecule has 2 saturated heterocycles. The molecule has 1 atom stereocenters. The van der Waals surface area contributed by atoms with Crippen LogP contribution in [0.15, 0.2) is 24.3 Å². The Morgan fingerprint density at radius 1 is 1.21 bits per heavy atom. The van der Waals surface area contributed by atoms with Crippen LogP contribution in [0.5, 0.6) is 0 Å². The zero-order valence-corrected chi connectivity index (χ0v) is 14.8. The molecule has 1 N–H and O–H groups in total. The molecular weight excluding hydrogens is 328 g/mol. The van der Waals surface area contributed by atoms with Crippen LogP contribution in [0.4, 0.5) is 5.69 Å². The van der Waals surface area contributed by atoms with Gasteiger partial charge in [0.1, 0.15) is 0 Å². The molecule has 0 spiro atoms. The molecule has 0 saturated carbocycles. The lowest BCUT2D eigenvalue weighted by Gasteiger charge is -2.30. The van der Waals surface area contributed by atoms with Gasteiger partial charge in [0.2, 0.25) is 5.91 Å². The predicted molar refractivity (Wildman–Crippen MR) is 95.5 cm³/mol. The molecule has 5 nitrogen and oxygen atoms in total. The van der Waals surface area contributed by atoms with Crippen molar-refractivity contribution in [3.05, 3.63) is 29.8 Å². The van der Waals surface area contributed by atoms with Gasteiger partial charge >= 0.3 is 5.97 Å². The third-order valence-electron chi connectivity index (χ3n) is 5.00. The Labute approximate surface area is 149 Å². The number of halogens is 1. The number of carboxylic acids is 1. The van der Waals surface area contributed by atoms with Crippen LogP contribution in [0.1, 0.15) is 31.7 Å².